The summed E-state index contributed by atoms with van der Waals surface area (Å²) in [6.07, 6.45) is -0.484. The Labute approximate surface area is 183 Å². The molecule has 0 saturated heterocycles. The monoisotopic (exact) mass is 447 g/mol. The number of rotatable bonds is 7. The molecule has 6 nitrogen and oxygen atoms in total. The van der Waals surface area contributed by atoms with Crippen LogP contribution in [0.3, 0.4) is 0 Å². The number of thioether (sulfide) groups is 1. The van der Waals surface area contributed by atoms with Crippen molar-refractivity contribution in [3.05, 3.63) is 65.7 Å². The van der Waals surface area contributed by atoms with Crippen LogP contribution in [0.1, 0.15) is 38.8 Å². The minimum absolute atomic E-state index is 0.302. The van der Waals surface area contributed by atoms with Crippen LogP contribution in [0.2, 0.25) is 0 Å². The Hall–Kier alpha value is -2.00. The van der Waals surface area contributed by atoms with Gasteiger partial charge in [-0.15, -0.1) is 11.8 Å². The highest BCUT2D eigenvalue weighted by molar-refractivity contribution is 8.09. The molecule has 0 saturated carbocycles. The summed E-state index contributed by atoms with van der Waals surface area (Å²) in [7, 11) is -3.75. The first kappa shape index (κ1) is 22.7. The molecule has 1 heterocycles. The quantitative estimate of drug-likeness (QED) is 0.599. The summed E-state index contributed by atoms with van der Waals surface area (Å²) in [5.74, 6) is 0.302. The van der Waals surface area contributed by atoms with Gasteiger partial charge in [-0.25, -0.2) is 4.31 Å². The van der Waals surface area contributed by atoms with Gasteiger partial charge >= 0.3 is 10.2 Å². The molecule has 30 heavy (non-hydrogen) atoms. The number of nitrogens with zero attached hydrogens (tertiary/aromatic N) is 1. The molecule has 1 aliphatic heterocycles. The van der Waals surface area contributed by atoms with Crippen LogP contribution in [0.25, 0.3) is 10.6 Å². The fraction of sp³-hybridized carbons (Fsp3) is 0.364. The van der Waals surface area contributed by atoms with Gasteiger partial charge in [-0.3, -0.25) is 0 Å². The molecule has 2 aromatic carbocycles. The van der Waals surface area contributed by atoms with Crippen molar-refractivity contribution in [2.45, 2.75) is 39.3 Å². The van der Waals surface area contributed by atoms with Crippen LogP contribution >= 0.6 is 11.8 Å². The Morgan fingerprint density at radius 3 is 2.40 bits per heavy atom. The van der Waals surface area contributed by atoms with Crippen molar-refractivity contribution in [2.24, 2.45) is 0 Å². The third-order valence-corrected chi connectivity index (χ3v) is 7.32. The largest absolute Gasteiger partial charge is 0.392 e. The molecule has 1 aliphatic rings. The normalized spacial score (nSPS) is 16.1. The van der Waals surface area contributed by atoms with Crippen LogP contribution in [0.5, 0.6) is 0 Å². The van der Waals surface area contributed by atoms with Crippen molar-refractivity contribution < 1.29 is 13.5 Å². The molecule has 0 bridgehead atoms. The summed E-state index contributed by atoms with van der Waals surface area (Å²) in [4.78, 5) is 0.919. The van der Waals surface area contributed by atoms with Gasteiger partial charge in [0.25, 0.3) is 0 Å². The Morgan fingerprint density at radius 2 is 1.77 bits per heavy atom. The molecule has 3 rings (SSSR count). The summed E-state index contributed by atoms with van der Waals surface area (Å²) in [6, 6.07) is 17.5. The zero-order chi connectivity index (χ0) is 21.9. The van der Waals surface area contributed by atoms with E-state index in [0.717, 1.165) is 21.7 Å². The van der Waals surface area contributed by atoms with Gasteiger partial charge in [-0.05, 0) is 45.4 Å². The highest BCUT2D eigenvalue weighted by Crippen LogP contribution is 2.45. The molecule has 162 valence electrons. The third-order valence-electron chi connectivity index (χ3n) is 4.29. The average Bonchev–Trinajstić information content (AvgIpc) is 3.12. The van der Waals surface area contributed by atoms with Crippen LogP contribution in [0.4, 0.5) is 5.69 Å². The summed E-state index contributed by atoms with van der Waals surface area (Å²) in [6.45, 7) is 7.62. The van der Waals surface area contributed by atoms with Crippen LogP contribution in [-0.4, -0.2) is 41.9 Å². The Morgan fingerprint density at radius 1 is 1.10 bits per heavy atom. The van der Waals surface area contributed by atoms with E-state index in [2.05, 4.69) is 10.0 Å². The van der Waals surface area contributed by atoms with Gasteiger partial charge < -0.3 is 10.4 Å². The topological polar surface area (TPSA) is 81.7 Å². The molecule has 0 aliphatic carbocycles. The van der Waals surface area contributed by atoms with E-state index in [4.69, 9.17) is 0 Å². The lowest BCUT2D eigenvalue weighted by Crippen LogP contribution is -2.47. The number of hydrogen-bond acceptors (Lipinski definition) is 5. The zero-order valence-electron chi connectivity index (χ0n) is 17.7. The van der Waals surface area contributed by atoms with E-state index in [1.54, 1.807) is 6.92 Å². The van der Waals surface area contributed by atoms with E-state index < -0.39 is 21.9 Å². The van der Waals surface area contributed by atoms with Crippen molar-refractivity contribution in [1.29, 1.82) is 0 Å². The number of benzene rings is 2. The van der Waals surface area contributed by atoms with Gasteiger partial charge in [0.05, 0.1) is 17.7 Å². The number of nitrogens with one attached hydrogen (secondary N) is 2. The number of aliphatic hydroxyl groups excluding tert-OH is 1. The van der Waals surface area contributed by atoms with Gasteiger partial charge in [0.1, 0.15) is 0 Å². The molecule has 0 fully saturated rings. The summed E-state index contributed by atoms with van der Waals surface area (Å²) in [5, 5.41) is 12.8. The highest BCUT2D eigenvalue weighted by atomic mass is 32.2. The number of aliphatic hydroxyl groups is 1. The molecule has 1 atom stereocenters. The lowest BCUT2D eigenvalue weighted by atomic mass is 10.1. The smallest absolute Gasteiger partial charge is 0.302 e. The SMILES string of the molecule is CC(O)CNc1cccc(C2=C(c3ccccc3)SCN2S(=O)(=O)NC(C)(C)C)c1. The minimum atomic E-state index is -3.75. The maximum absolute atomic E-state index is 13.2. The van der Waals surface area contributed by atoms with Crippen molar-refractivity contribution >= 4 is 38.3 Å². The van der Waals surface area contributed by atoms with E-state index in [-0.39, 0.29) is 0 Å². The Balaban J connectivity index is 2.09. The second kappa shape index (κ2) is 9.01. The maximum Gasteiger partial charge on any atom is 0.302 e. The molecule has 8 heteroatoms. The first-order chi connectivity index (χ1) is 14.1. The lowest BCUT2D eigenvalue weighted by molar-refractivity contribution is 0.208. The van der Waals surface area contributed by atoms with E-state index in [0.29, 0.717) is 18.1 Å². The Bertz CT molecular complexity index is 1010. The second-order valence-corrected chi connectivity index (χ2v) is 10.9. The highest BCUT2D eigenvalue weighted by Gasteiger charge is 2.36. The Kier molecular flexibility index (Phi) is 6.81. The predicted molar refractivity (Wildman–Crippen MR) is 126 cm³/mol. The molecule has 1 unspecified atom stereocenters. The minimum Gasteiger partial charge on any atom is -0.392 e. The van der Waals surface area contributed by atoms with Crippen molar-refractivity contribution in [3.63, 3.8) is 0 Å². The van der Waals surface area contributed by atoms with Crippen molar-refractivity contribution in [3.8, 4) is 0 Å². The standard InChI is InChI=1S/C22H29N3O3S2/c1-16(26)14-23-19-12-8-11-18(13-19)20-21(17-9-6-5-7-10-17)29-15-25(20)30(27,28)24-22(2,3)4/h5-13,16,23-24,26H,14-15H2,1-4H3. The summed E-state index contributed by atoms with van der Waals surface area (Å²) >= 11 is 1.51. The van der Waals surface area contributed by atoms with E-state index >= 15 is 0 Å². The number of anilines is 1. The molecule has 2 aromatic rings. The van der Waals surface area contributed by atoms with Crippen LogP contribution in [-0.2, 0) is 10.2 Å². The maximum atomic E-state index is 13.2. The lowest BCUT2D eigenvalue weighted by Gasteiger charge is -2.28. The first-order valence-corrected chi connectivity index (χ1v) is 12.3. The third kappa shape index (κ3) is 5.57. The van der Waals surface area contributed by atoms with Crippen LogP contribution < -0.4 is 10.0 Å². The molecule has 0 radical (unpaired) electrons. The summed E-state index contributed by atoms with van der Waals surface area (Å²) < 4.78 is 30.7. The zero-order valence-corrected chi connectivity index (χ0v) is 19.3. The van der Waals surface area contributed by atoms with Gasteiger partial charge in [0.15, 0.2) is 0 Å². The average molecular weight is 448 g/mol. The predicted octanol–water partition coefficient (Wildman–Crippen LogP) is 3.94. The van der Waals surface area contributed by atoms with Crippen LogP contribution in [0, 0.1) is 0 Å². The first-order valence-electron chi connectivity index (χ1n) is 9.83. The van der Waals surface area contributed by atoms with Gasteiger partial charge in [0, 0.05) is 28.2 Å². The molecule has 3 N–H and O–H groups in total. The van der Waals surface area contributed by atoms with E-state index in [1.165, 1.54) is 16.1 Å². The summed E-state index contributed by atoms with van der Waals surface area (Å²) in [5.41, 5.74) is 2.67. The van der Waals surface area contributed by atoms with Crippen molar-refractivity contribution in [1.82, 2.24) is 9.03 Å². The number of hydrogen-bond donors (Lipinski definition) is 3. The molecule has 0 spiro atoms. The fourth-order valence-corrected chi connectivity index (χ4v) is 6.26. The van der Waals surface area contributed by atoms with E-state index in [1.807, 2.05) is 75.4 Å². The van der Waals surface area contributed by atoms with Crippen LogP contribution in [0.15, 0.2) is 54.6 Å². The van der Waals surface area contributed by atoms with Gasteiger partial charge in [-0.2, -0.15) is 13.1 Å². The van der Waals surface area contributed by atoms with Gasteiger partial charge in [0.2, 0.25) is 0 Å². The molecular weight excluding hydrogens is 418 g/mol. The molecular formula is C22H29N3O3S2. The van der Waals surface area contributed by atoms with Crippen molar-refractivity contribution in [2.75, 3.05) is 17.7 Å². The molecule has 0 aromatic heterocycles. The second-order valence-electron chi connectivity index (χ2n) is 8.33. The van der Waals surface area contributed by atoms with Gasteiger partial charge in [-0.1, -0.05) is 42.5 Å². The molecule has 0 amide bonds. The van der Waals surface area contributed by atoms with E-state index in [9.17, 15) is 13.5 Å². The fourth-order valence-electron chi connectivity index (χ4n) is 3.13.